The van der Waals surface area contributed by atoms with Crippen molar-refractivity contribution in [1.29, 1.82) is 0 Å². The number of hydrogen-bond donors (Lipinski definition) is 2. The first-order valence-electron chi connectivity index (χ1n) is 12.7. The van der Waals surface area contributed by atoms with Gasteiger partial charge in [-0.25, -0.2) is 4.79 Å². The van der Waals surface area contributed by atoms with Crippen molar-refractivity contribution in [2.75, 3.05) is 19.5 Å². The minimum absolute atomic E-state index is 0.0907. The average Bonchev–Trinajstić information content (AvgIpc) is 3.29. The van der Waals surface area contributed by atoms with Crippen LogP contribution in [0.15, 0.2) is 54.7 Å². The molecule has 0 aliphatic carbocycles. The van der Waals surface area contributed by atoms with E-state index in [9.17, 15) is 14.4 Å². The van der Waals surface area contributed by atoms with Gasteiger partial charge in [0, 0.05) is 29.4 Å². The Bertz CT molecular complexity index is 1110. The van der Waals surface area contributed by atoms with Crippen LogP contribution in [0.2, 0.25) is 0 Å². The Morgan fingerprint density at radius 3 is 2.30 bits per heavy atom. The third kappa shape index (κ3) is 7.61. The second kappa shape index (κ2) is 13.3. The largest absolute Gasteiger partial charge is 0.467 e. The van der Waals surface area contributed by atoms with Gasteiger partial charge in [0.2, 0.25) is 0 Å². The fraction of sp³-hybridized carbons (Fsp3) is 0.414. The fourth-order valence-corrected chi connectivity index (χ4v) is 5.18. The van der Waals surface area contributed by atoms with Gasteiger partial charge in [0.15, 0.2) is 5.37 Å². The van der Waals surface area contributed by atoms with Crippen molar-refractivity contribution in [3.8, 4) is 0 Å². The molecule has 0 spiro atoms. The third-order valence-corrected chi connectivity index (χ3v) is 7.65. The normalized spacial score (nSPS) is 15.8. The first-order chi connectivity index (χ1) is 17.7. The quantitative estimate of drug-likeness (QED) is 0.307. The highest BCUT2D eigenvalue weighted by Gasteiger charge is 2.34. The van der Waals surface area contributed by atoms with E-state index in [1.807, 2.05) is 80.5 Å². The molecule has 8 heteroatoms. The molecule has 0 saturated heterocycles. The molecule has 3 rings (SSSR count). The van der Waals surface area contributed by atoms with E-state index in [-0.39, 0.29) is 17.7 Å². The summed E-state index contributed by atoms with van der Waals surface area (Å²) in [5, 5.41) is 5.27. The van der Waals surface area contributed by atoms with E-state index in [1.54, 1.807) is 0 Å². The molecule has 0 saturated carbocycles. The summed E-state index contributed by atoms with van der Waals surface area (Å²) in [6, 6.07) is 14.6. The number of esters is 1. The molecule has 1 heterocycles. The number of benzene rings is 2. The molecule has 7 nitrogen and oxygen atoms in total. The summed E-state index contributed by atoms with van der Waals surface area (Å²) in [5.74, 6) is -0.943. The fourth-order valence-electron chi connectivity index (χ4n) is 4.04. The highest BCUT2D eigenvalue weighted by atomic mass is 32.2. The number of carbonyl (C=O) groups is 3. The van der Waals surface area contributed by atoms with Gasteiger partial charge in [0.05, 0.1) is 7.11 Å². The van der Waals surface area contributed by atoms with Crippen LogP contribution < -0.4 is 10.6 Å². The van der Waals surface area contributed by atoms with Crippen LogP contribution in [0.4, 0.5) is 5.69 Å². The van der Waals surface area contributed by atoms with Gasteiger partial charge in [-0.15, -0.1) is 0 Å². The predicted octanol–water partition coefficient (Wildman–Crippen LogP) is 5.29. The molecule has 2 aromatic carbocycles. The monoisotopic (exact) mass is 523 g/mol. The zero-order valence-corrected chi connectivity index (χ0v) is 23.1. The molecule has 198 valence electrons. The number of likely N-dealkylation sites (N-methyl/N-ethyl adjacent to an activating group) is 1. The van der Waals surface area contributed by atoms with Crippen LogP contribution in [0.1, 0.15) is 61.5 Å². The van der Waals surface area contributed by atoms with E-state index in [0.29, 0.717) is 11.3 Å². The van der Waals surface area contributed by atoms with Crippen LogP contribution in [-0.4, -0.2) is 48.3 Å². The molecular formula is C29H37N3O4S. The number of aryl methyl sites for hydroxylation is 1. The van der Waals surface area contributed by atoms with Crippen LogP contribution in [0.5, 0.6) is 0 Å². The van der Waals surface area contributed by atoms with E-state index < -0.39 is 17.4 Å². The van der Waals surface area contributed by atoms with Crippen LogP contribution in [-0.2, 0) is 20.7 Å². The van der Waals surface area contributed by atoms with E-state index >= 15 is 0 Å². The van der Waals surface area contributed by atoms with Crippen LogP contribution in [0.25, 0.3) is 4.91 Å². The Balaban J connectivity index is 1.58. The number of anilines is 1. The Morgan fingerprint density at radius 1 is 1.03 bits per heavy atom. The molecule has 0 fully saturated rings. The molecule has 37 heavy (non-hydrogen) atoms. The number of rotatable bonds is 11. The summed E-state index contributed by atoms with van der Waals surface area (Å²) < 4.78 is 4.83. The smallest absolute Gasteiger partial charge is 0.328 e. The van der Waals surface area contributed by atoms with E-state index in [2.05, 4.69) is 17.6 Å². The minimum Gasteiger partial charge on any atom is -0.467 e. The van der Waals surface area contributed by atoms with Gasteiger partial charge in [-0.05, 0) is 54.2 Å². The van der Waals surface area contributed by atoms with Crippen molar-refractivity contribution in [3.63, 3.8) is 0 Å². The topological polar surface area (TPSA) is 87.7 Å². The molecule has 2 amide bonds. The van der Waals surface area contributed by atoms with Crippen molar-refractivity contribution in [1.82, 2.24) is 10.2 Å². The van der Waals surface area contributed by atoms with Crippen LogP contribution in [0, 0.1) is 5.92 Å². The van der Waals surface area contributed by atoms with Crippen LogP contribution >= 0.6 is 11.8 Å². The number of carbonyl (C=O) groups excluding carboxylic acids is 3. The molecule has 2 N–H and O–H groups in total. The zero-order chi connectivity index (χ0) is 26.9. The van der Waals surface area contributed by atoms with E-state index in [4.69, 9.17) is 4.74 Å². The molecule has 0 radical (unpaired) electrons. The summed E-state index contributed by atoms with van der Waals surface area (Å²) in [6.45, 7) is 5.91. The van der Waals surface area contributed by atoms with Gasteiger partial charge in [-0.1, -0.05) is 69.6 Å². The number of amides is 2. The lowest BCUT2D eigenvalue weighted by Crippen LogP contribution is -2.50. The Morgan fingerprint density at radius 2 is 1.70 bits per heavy atom. The highest BCUT2D eigenvalue weighted by molar-refractivity contribution is 8.09. The number of ether oxygens (including phenoxy) is 1. The van der Waals surface area contributed by atoms with Gasteiger partial charge < -0.3 is 20.3 Å². The van der Waals surface area contributed by atoms with Gasteiger partial charge in [-0.3, -0.25) is 9.59 Å². The summed E-state index contributed by atoms with van der Waals surface area (Å²) in [6.07, 6.45) is 6.51. The minimum atomic E-state index is -0.698. The number of unbranched alkanes of at least 4 members (excludes halogenated alkanes) is 2. The molecule has 2 atom stereocenters. The zero-order valence-electron chi connectivity index (χ0n) is 22.2. The van der Waals surface area contributed by atoms with E-state index in [1.165, 1.54) is 37.3 Å². The first-order valence-corrected chi connectivity index (χ1v) is 13.6. The van der Waals surface area contributed by atoms with Crippen molar-refractivity contribution >= 4 is 40.1 Å². The SMILES string of the molecule is CCCCCc1ccc(C(=O)Nc2ccc(C3=CN(C)C(C(=O)NC(C(=O)OC)C(C)C)S3)cc2)cc1. The van der Waals surface area contributed by atoms with Crippen LogP contribution in [0.3, 0.4) is 0 Å². The Kier molecular flexibility index (Phi) is 10.2. The van der Waals surface area contributed by atoms with Crippen molar-refractivity contribution in [2.24, 2.45) is 5.92 Å². The van der Waals surface area contributed by atoms with Crippen molar-refractivity contribution in [3.05, 3.63) is 71.4 Å². The van der Waals surface area contributed by atoms with Gasteiger partial charge in [0.1, 0.15) is 6.04 Å². The first kappa shape index (κ1) is 28.3. The van der Waals surface area contributed by atoms with Gasteiger partial charge in [-0.2, -0.15) is 0 Å². The molecule has 1 aliphatic rings. The predicted molar refractivity (Wildman–Crippen MR) is 150 cm³/mol. The maximum Gasteiger partial charge on any atom is 0.328 e. The molecule has 0 aromatic heterocycles. The number of nitrogens with one attached hydrogen (secondary N) is 2. The maximum atomic E-state index is 12.9. The second-order valence-electron chi connectivity index (χ2n) is 9.57. The molecule has 0 bridgehead atoms. The summed E-state index contributed by atoms with van der Waals surface area (Å²) >= 11 is 1.41. The molecular weight excluding hydrogens is 486 g/mol. The Hall–Kier alpha value is -3.26. The number of methoxy groups -OCH3 is 1. The average molecular weight is 524 g/mol. The summed E-state index contributed by atoms with van der Waals surface area (Å²) in [4.78, 5) is 40.4. The molecule has 2 aromatic rings. The lowest BCUT2D eigenvalue weighted by molar-refractivity contribution is -0.146. The maximum absolute atomic E-state index is 12.9. The molecule has 1 aliphatic heterocycles. The van der Waals surface area contributed by atoms with Crippen molar-refractivity contribution in [2.45, 2.75) is 57.9 Å². The number of nitrogens with zero attached hydrogens (tertiary/aromatic N) is 1. The lowest BCUT2D eigenvalue weighted by atomic mass is 10.0. The Labute approximate surface area is 224 Å². The third-order valence-electron chi connectivity index (χ3n) is 6.29. The molecule has 2 unspecified atom stereocenters. The summed E-state index contributed by atoms with van der Waals surface area (Å²) in [7, 11) is 3.15. The number of thioether (sulfide) groups is 1. The second-order valence-corrected chi connectivity index (χ2v) is 10.7. The lowest BCUT2D eigenvalue weighted by Gasteiger charge is -2.24. The van der Waals surface area contributed by atoms with Gasteiger partial charge >= 0.3 is 5.97 Å². The number of hydrogen-bond acceptors (Lipinski definition) is 6. The van der Waals surface area contributed by atoms with Gasteiger partial charge in [0.25, 0.3) is 11.8 Å². The standard InChI is InChI=1S/C29H37N3O4S/c1-6-7-8-9-20-10-12-22(13-11-20)26(33)30-23-16-14-21(15-17-23)24-18-32(4)28(37-24)27(34)31-25(19(2)3)29(35)36-5/h10-19,25,28H,6-9H2,1-5H3,(H,30,33)(H,31,34). The summed E-state index contributed by atoms with van der Waals surface area (Å²) in [5.41, 5.74) is 3.51. The van der Waals surface area contributed by atoms with Crippen molar-refractivity contribution < 1.29 is 19.1 Å². The highest BCUT2D eigenvalue weighted by Crippen LogP contribution is 2.39. The van der Waals surface area contributed by atoms with E-state index in [0.717, 1.165) is 23.3 Å².